The summed E-state index contributed by atoms with van der Waals surface area (Å²) in [5.41, 5.74) is 6.35. The molecule has 4 aromatic rings. The lowest BCUT2D eigenvalue weighted by molar-refractivity contribution is 0.511. The van der Waals surface area contributed by atoms with Crippen LogP contribution < -0.4 is 0 Å². The number of pyridine rings is 1. The van der Waals surface area contributed by atoms with Gasteiger partial charge in [0.05, 0.1) is 15.3 Å². The first kappa shape index (κ1) is 20.6. The number of hydrogen-bond donors (Lipinski definition) is 1. The van der Waals surface area contributed by atoms with Crippen molar-refractivity contribution >= 4 is 9.84 Å². The number of rotatable bonds is 3. The first-order valence-corrected chi connectivity index (χ1v) is 12.0. The summed E-state index contributed by atoms with van der Waals surface area (Å²) in [7, 11) is -3.36. The predicted molar refractivity (Wildman–Crippen MR) is 124 cm³/mol. The molecule has 0 radical (unpaired) electrons. The van der Waals surface area contributed by atoms with E-state index in [9.17, 15) is 12.8 Å². The van der Waals surface area contributed by atoms with Gasteiger partial charge < -0.3 is 4.98 Å². The van der Waals surface area contributed by atoms with Crippen LogP contribution in [-0.4, -0.2) is 23.1 Å². The Morgan fingerprint density at radius 3 is 2.31 bits per heavy atom. The number of hydrogen-bond acceptors (Lipinski definition) is 3. The Morgan fingerprint density at radius 1 is 0.906 bits per heavy atom. The molecular formula is C26H23FN2O2S. The van der Waals surface area contributed by atoms with E-state index in [1.165, 1.54) is 12.1 Å². The van der Waals surface area contributed by atoms with Crippen molar-refractivity contribution < 1.29 is 12.8 Å². The van der Waals surface area contributed by atoms with Crippen molar-refractivity contribution in [3.05, 3.63) is 84.4 Å². The van der Waals surface area contributed by atoms with Crippen LogP contribution in [0, 0.1) is 5.82 Å². The molecule has 4 nitrogen and oxygen atoms in total. The van der Waals surface area contributed by atoms with Gasteiger partial charge in [0.15, 0.2) is 9.84 Å². The molecule has 0 saturated heterocycles. The van der Waals surface area contributed by atoms with Gasteiger partial charge in [-0.15, -0.1) is 0 Å². The maximum absolute atomic E-state index is 13.5. The minimum Gasteiger partial charge on any atom is -0.354 e. The minimum atomic E-state index is -3.36. The molecule has 6 heteroatoms. The van der Waals surface area contributed by atoms with Gasteiger partial charge in [0.1, 0.15) is 5.82 Å². The second-order valence-electron chi connectivity index (χ2n) is 8.80. The Balaban J connectivity index is 1.65. The van der Waals surface area contributed by atoms with Crippen LogP contribution in [0.3, 0.4) is 0 Å². The number of halogens is 1. The molecule has 1 aliphatic rings. The van der Waals surface area contributed by atoms with E-state index in [0.717, 1.165) is 45.6 Å². The van der Waals surface area contributed by atoms with Crippen LogP contribution in [0.2, 0.25) is 0 Å². The van der Waals surface area contributed by atoms with E-state index in [1.807, 2.05) is 24.3 Å². The van der Waals surface area contributed by atoms with Gasteiger partial charge in [0.25, 0.3) is 0 Å². The van der Waals surface area contributed by atoms with Crippen molar-refractivity contribution in [1.82, 2.24) is 9.97 Å². The van der Waals surface area contributed by atoms with Crippen LogP contribution >= 0.6 is 0 Å². The SMILES string of the molecule is CC1(C)CCc2cc(-c3cc(-c4ccncc4)c(-c4ccc(F)cc4)[nH]3)ccc2S1(=O)=O. The summed E-state index contributed by atoms with van der Waals surface area (Å²) in [6, 6.07) is 17.8. The number of H-pyrrole nitrogens is 1. The molecule has 0 bridgehead atoms. The van der Waals surface area contributed by atoms with E-state index >= 15 is 0 Å². The lowest BCUT2D eigenvalue weighted by Gasteiger charge is -2.31. The third-order valence-corrected chi connectivity index (χ3v) is 8.96. The van der Waals surface area contributed by atoms with Gasteiger partial charge in [-0.1, -0.05) is 6.07 Å². The highest BCUT2D eigenvalue weighted by atomic mass is 32.2. The smallest absolute Gasteiger partial charge is 0.183 e. The Kier molecular flexibility index (Phi) is 4.78. The van der Waals surface area contributed by atoms with Crippen molar-refractivity contribution in [2.75, 3.05) is 0 Å². The second kappa shape index (κ2) is 7.41. The number of aromatic nitrogens is 2. The minimum absolute atomic E-state index is 0.287. The maximum atomic E-state index is 13.5. The van der Waals surface area contributed by atoms with Crippen molar-refractivity contribution in [2.24, 2.45) is 0 Å². The quantitative estimate of drug-likeness (QED) is 0.417. The molecule has 1 aliphatic heterocycles. The molecule has 0 fully saturated rings. The number of nitrogens with zero attached hydrogens (tertiary/aromatic N) is 1. The Morgan fingerprint density at radius 2 is 1.59 bits per heavy atom. The van der Waals surface area contributed by atoms with E-state index in [2.05, 4.69) is 16.0 Å². The third-order valence-electron chi connectivity index (χ3n) is 6.33. The zero-order valence-electron chi connectivity index (χ0n) is 17.9. The standard InChI is InChI=1S/C26H23FN2O2S/c1-26(2)12-9-20-15-19(5-8-24(20)32(26,30)31)23-16-22(17-10-13-28-14-11-17)25(29-23)18-3-6-21(27)7-4-18/h3-8,10-11,13-16,29H,9,12H2,1-2H3. The molecule has 0 atom stereocenters. The number of aromatic amines is 1. The van der Waals surface area contributed by atoms with E-state index in [0.29, 0.717) is 11.3 Å². The molecule has 32 heavy (non-hydrogen) atoms. The van der Waals surface area contributed by atoms with Gasteiger partial charge in [-0.3, -0.25) is 4.98 Å². The van der Waals surface area contributed by atoms with Crippen LogP contribution in [0.15, 0.2) is 78.0 Å². The molecule has 0 aliphatic carbocycles. The third kappa shape index (κ3) is 3.35. The fourth-order valence-electron chi connectivity index (χ4n) is 4.29. The summed E-state index contributed by atoms with van der Waals surface area (Å²) in [5, 5.41) is 0. The van der Waals surface area contributed by atoms with Crippen LogP contribution in [0.5, 0.6) is 0 Å². The molecule has 0 unspecified atom stereocenters. The zero-order valence-corrected chi connectivity index (χ0v) is 18.7. The van der Waals surface area contributed by atoms with Crippen LogP contribution in [-0.2, 0) is 16.3 Å². The average Bonchev–Trinajstić information content (AvgIpc) is 3.23. The van der Waals surface area contributed by atoms with Crippen LogP contribution in [0.4, 0.5) is 4.39 Å². The van der Waals surface area contributed by atoms with Crippen molar-refractivity contribution in [2.45, 2.75) is 36.3 Å². The van der Waals surface area contributed by atoms with Gasteiger partial charge in [-0.2, -0.15) is 0 Å². The predicted octanol–water partition coefficient (Wildman–Crippen LogP) is 6.05. The first-order chi connectivity index (χ1) is 15.3. The van der Waals surface area contributed by atoms with Crippen molar-refractivity contribution in [3.63, 3.8) is 0 Å². The number of sulfone groups is 1. The molecule has 2 aromatic heterocycles. The number of benzene rings is 2. The molecular weight excluding hydrogens is 423 g/mol. The number of aryl methyl sites for hydroxylation is 1. The summed E-state index contributed by atoms with van der Waals surface area (Å²) >= 11 is 0. The molecule has 0 spiro atoms. The number of fused-ring (bicyclic) bond motifs is 1. The monoisotopic (exact) mass is 446 g/mol. The van der Waals surface area contributed by atoms with Gasteiger partial charge >= 0.3 is 0 Å². The topological polar surface area (TPSA) is 62.8 Å². The van der Waals surface area contributed by atoms with Gasteiger partial charge in [0, 0.05) is 23.7 Å². The largest absolute Gasteiger partial charge is 0.354 e. The maximum Gasteiger partial charge on any atom is 0.183 e. The fourth-order valence-corrected chi connectivity index (χ4v) is 6.01. The fraction of sp³-hybridized carbons (Fsp3) is 0.192. The van der Waals surface area contributed by atoms with E-state index < -0.39 is 14.6 Å². The highest BCUT2D eigenvalue weighted by Crippen LogP contribution is 2.40. The first-order valence-electron chi connectivity index (χ1n) is 10.5. The highest BCUT2D eigenvalue weighted by Gasteiger charge is 2.40. The van der Waals surface area contributed by atoms with E-state index in [4.69, 9.17) is 0 Å². The summed E-state index contributed by atoms with van der Waals surface area (Å²) in [4.78, 5) is 8.02. The molecule has 3 heterocycles. The highest BCUT2D eigenvalue weighted by molar-refractivity contribution is 7.92. The van der Waals surface area contributed by atoms with Crippen molar-refractivity contribution in [3.8, 4) is 33.6 Å². The second-order valence-corrected chi connectivity index (χ2v) is 11.4. The van der Waals surface area contributed by atoms with Gasteiger partial charge in [0.2, 0.25) is 0 Å². The molecule has 0 saturated carbocycles. The number of nitrogens with one attached hydrogen (secondary N) is 1. The molecule has 2 aromatic carbocycles. The normalized spacial score (nSPS) is 16.5. The average molecular weight is 447 g/mol. The summed E-state index contributed by atoms with van der Waals surface area (Å²) in [5.74, 6) is -0.287. The van der Waals surface area contributed by atoms with Crippen LogP contribution in [0.25, 0.3) is 33.6 Å². The molecule has 0 amide bonds. The van der Waals surface area contributed by atoms with Crippen molar-refractivity contribution in [1.29, 1.82) is 0 Å². The van der Waals surface area contributed by atoms with E-state index in [1.54, 1.807) is 44.4 Å². The zero-order chi connectivity index (χ0) is 22.5. The summed E-state index contributed by atoms with van der Waals surface area (Å²) in [6.07, 6.45) is 4.79. The van der Waals surface area contributed by atoms with Gasteiger partial charge in [-0.05, 0) is 104 Å². The molecule has 1 N–H and O–H groups in total. The lowest BCUT2D eigenvalue weighted by Crippen LogP contribution is -2.36. The lowest BCUT2D eigenvalue weighted by atomic mass is 9.98. The molecule has 5 rings (SSSR count). The molecule has 162 valence electrons. The Labute approximate surface area is 187 Å². The van der Waals surface area contributed by atoms with Crippen LogP contribution in [0.1, 0.15) is 25.8 Å². The van der Waals surface area contributed by atoms with E-state index in [-0.39, 0.29) is 5.82 Å². The Hall–Kier alpha value is -3.25. The summed E-state index contributed by atoms with van der Waals surface area (Å²) < 4.78 is 38.7. The Bertz CT molecular complexity index is 1410. The van der Waals surface area contributed by atoms with Gasteiger partial charge in [-0.25, -0.2) is 12.8 Å². The summed E-state index contributed by atoms with van der Waals surface area (Å²) in [6.45, 7) is 3.58.